The van der Waals surface area contributed by atoms with E-state index in [0.29, 0.717) is 0 Å². The Morgan fingerprint density at radius 2 is 2.12 bits per heavy atom. The SMILES string of the molecule is Cn1cc(-c2ncc(CO)s2)c(C(C)(C)C)n1. The smallest absolute Gasteiger partial charge is 0.127 e. The summed E-state index contributed by atoms with van der Waals surface area (Å²) in [5.41, 5.74) is 2.09. The lowest BCUT2D eigenvalue weighted by molar-refractivity contribution is 0.285. The fourth-order valence-corrected chi connectivity index (χ4v) is 2.49. The van der Waals surface area contributed by atoms with Crippen molar-refractivity contribution in [2.75, 3.05) is 0 Å². The molecule has 0 saturated carbocycles. The van der Waals surface area contributed by atoms with E-state index in [1.54, 1.807) is 6.20 Å². The molecule has 92 valence electrons. The number of rotatable bonds is 2. The summed E-state index contributed by atoms with van der Waals surface area (Å²) in [7, 11) is 1.92. The summed E-state index contributed by atoms with van der Waals surface area (Å²) in [5, 5.41) is 14.5. The first-order valence-corrected chi connectivity index (χ1v) is 6.33. The van der Waals surface area contributed by atoms with Crippen molar-refractivity contribution >= 4 is 11.3 Å². The van der Waals surface area contributed by atoms with Gasteiger partial charge in [0.1, 0.15) is 5.01 Å². The molecule has 0 spiro atoms. The fourth-order valence-electron chi connectivity index (χ4n) is 1.70. The normalized spacial score (nSPS) is 12.1. The maximum Gasteiger partial charge on any atom is 0.127 e. The molecule has 0 bridgehead atoms. The molecule has 0 saturated heterocycles. The zero-order valence-electron chi connectivity index (χ0n) is 10.6. The van der Waals surface area contributed by atoms with Gasteiger partial charge in [0.15, 0.2) is 0 Å². The van der Waals surface area contributed by atoms with Gasteiger partial charge in [-0.2, -0.15) is 5.10 Å². The van der Waals surface area contributed by atoms with Crippen LogP contribution in [0, 0.1) is 0 Å². The first-order chi connectivity index (χ1) is 7.91. The van der Waals surface area contributed by atoms with Crippen LogP contribution in [0.2, 0.25) is 0 Å². The number of hydrogen-bond donors (Lipinski definition) is 1. The Labute approximate surface area is 105 Å². The first-order valence-electron chi connectivity index (χ1n) is 5.52. The van der Waals surface area contributed by atoms with E-state index < -0.39 is 0 Å². The molecule has 0 fully saturated rings. The molecule has 0 amide bonds. The molecule has 0 aromatic carbocycles. The van der Waals surface area contributed by atoms with Crippen LogP contribution in [0.5, 0.6) is 0 Å². The molecule has 0 radical (unpaired) electrons. The molecule has 0 unspecified atom stereocenters. The average Bonchev–Trinajstić information content (AvgIpc) is 2.81. The third-order valence-corrected chi connectivity index (χ3v) is 3.49. The predicted molar refractivity (Wildman–Crippen MR) is 68.9 cm³/mol. The monoisotopic (exact) mass is 251 g/mol. The highest BCUT2D eigenvalue weighted by Gasteiger charge is 2.24. The average molecular weight is 251 g/mol. The number of aliphatic hydroxyl groups is 1. The van der Waals surface area contributed by atoms with Crippen LogP contribution in [0.25, 0.3) is 10.6 Å². The van der Waals surface area contributed by atoms with Gasteiger partial charge in [0.25, 0.3) is 0 Å². The Balaban J connectivity index is 2.51. The molecule has 0 aliphatic carbocycles. The standard InChI is InChI=1S/C12H17N3OS/c1-12(2,3)10-9(6-15(4)14-10)11-13-5-8(7-16)17-11/h5-6,16H,7H2,1-4H3. The number of thiazole rings is 1. The van der Waals surface area contributed by atoms with Crippen molar-refractivity contribution in [2.45, 2.75) is 32.8 Å². The molecular formula is C12H17N3OS. The van der Waals surface area contributed by atoms with Gasteiger partial charge in [0.2, 0.25) is 0 Å². The van der Waals surface area contributed by atoms with E-state index in [-0.39, 0.29) is 12.0 Å². The second kappa shape index (κ2) is 4.23. The Hall–Kier alpha value is -1.20. The zero-order valence-corrected chi connectivity index (χ0v) is 11.4. The minimum atomic E-state index is -0.0123. The molecular weight excluding hydrogens is 234 g/mol. The number of nitrogens with zero attached hydrogens (tertiary/aromatic N) is 3. The van der Waals surface area contributed by atoms with Crippen LogP contribution in [-0.4, -0.2) is 19.9 Å². The van der Waals surface area contributed by atoms with E-state index in [2.05, 4.69) is 30.9 Å². The number of aryl methyl sites for hydroxylation is 1. The minimum absolute atomic E-state index is 0.0123. The summed E-state index contributed by atoms with van der Waals surface area (Å²) in [6.07, 6.45) is 3.71. The number of aromatic nitrogens is 3. The highest BCUT2D eigenvalue weighted by molar-refractivity contribution is 7.15. The predicted octanol–water partition coefficient (Wildman–Crippen LogP) is 2.33. The summed E-state index contributed by atoms with van der Waals surface area (Å²) in [6, 6.07) is 0. The number of hydrogen-bond acceptors (Lipinski definition) is 4. The van der Waals surface area contributed by atoms with Gasteiger partial charge in [0, 0.05) is 24.9 Å². The quantitative estimate of drug-likeness (QED) is 0.891. The maximum atomic E-state index is 9.08. The van der Waals surface area contributed by atoms with Crippen LogP contribution < -0.4 is 0 Å². The molecule has 5 heteroatoms. The van der Waals surface area contributed by atoms with Crippen molar-refractivity contribution in [2.24, 2.45) is 7.05 Å². The van der Waals surface area contributed by atoms with E-state index in [1.165, 1.54) is 11.3 Å². The van der Waals surface area contributed by atoms with Gasteiger partial charge in [-0.15, -0.1) is 11.3 Å². The van der Waals surface area contributed by atoms with Crippen molar-refractivity contribution in [1.29, 1.82) is 0 Å². The summed E-state index contributed by atoms with van der Waals surface area (Å²) in [5.74, 6) is 0. The molecule has 2 aromatic rings. The molecule has 0 atom stereocenters. The van der Waals surface area contributed by atoms with Crippen molar-refractivity contribution in [1.82, 2.24) is 14.8 Å². The number of aliphatic hydroxyl groups excluding tert-OH is 1. The van der Waals surface area contributed by atoms with Gasteiger partial charge in [-0.3, -0.25) is 4.68 Å². The summed E-state index contributed by atoms with van der Waals surface area (Å²) >= 11 is 1.52. The molecule has 2 aromatic heterocycles. The van der Waals surface area contributed by atoms with Crippen molar-refractivity contribution in [3.8, 4) is 10.6 Å². The second-order valence-electron chi connectivity index (χ2n) is 5.10. The van der Waals surface area contributed by atoms with Crippen molar-refractivity contribution in [3.05, 3.63) is 23.0 Å². The summed E-state index contributed by atoms with van der Waals surface area (Å²) in [6.45, 7) is 6.46. The second-order valence-corrected chi connectivity index (χ2v) is 6.22. The zero-order chi connectivity index (χ0) is 12.6. The largest absolute Gasteiger partial charge is 0.391 e. The van der Waals surface area contributed by atoms with Crippen molar-refractivity contribution in [3.63, 3.8) is 0 Å². The van der Waals surface area contributed by atoms with Crippen LogP contribution in [0.1, 0.15) is 31.3 Å². The van der Waals surface area contributed by atoms with Crippen LogP contribution in [0.15, 0.2) is 12.4 Å². The maximum absolute atomic E-state index is 9.08. The van der Waals surface area contributed by atoms with Gasteiger partial charge in [0.05, 0.1) is 22.7 Å². The van der Waals surface area contributed by atoms with Gasteiger partial charge >= 0.3 is 0 Å². The molecule has 17 heavy (non-hydrogen) atoms. The molecule has 4 nitrogen and oxygen atoms in total. The fraction of sp³-hybridized carbons (Fsp3) is 0.500. The van der Waals surface area contributed by atoms with E-state index in [9.17, 15) is 0 Å². The van der Waals surface area contributed by atoms with Gasteiger partial charge in [-0.05, 0) is 0 Å². The van der Waals surface area contributed by atoms with E-state index >= 15 is 0 Å². The summed E-state index contributed by atoms with van der Waals surface area (Å²) < 4.78 is 1.82. The molecule has 0 aliphatic heterocycles. The summed E-state index contributed by atoms with van der Waals surface area (Å²) in [4.78, 5) is 5.23. The highest BCUT2D eigenvalue weighted by atomic mass is 32.1. The van der Waals surface area contributed by atoms with Crippen LogP contribution in [-0.2, 0) is 19.1 Å². The van der Waals surface area contributed by atoms with Crippen LogP contribution >= 0.6 is 11.3 Å². The molecule has 2 heterocycles. The van der Waals surface area contributed by atoms with E-state index in [4.69, 9.17) is 5.11 Å². The van der Waals surface area contributed by atoms with E-state index in [1.807, 2.05) is 17.9 Å². The highest BCUT2D eigenvalue weighted by Crippen LogP contribution is 2.33. The van der Waals surface area contributed by atoms with Gasteiger partial charge in [-0.25, -0.2) is 4.98 Å². The van der Waals surface area contributed by atoms with Gasteiger partial charge in [-0.1, -0.05) is 20.8 Å². The van der Waals surface area contributed by atoms with Crippen LogP contribution in [0.3, 0.4) is 0 Å². The Kier molecular flexibility index (Phi) is 3.05. The first kappa shape index (κ1) is 12.3. The van der Waals surface area contributed by atoms with Crippen molar-refractivity contribution < 1.29 is 5.11 Å². The Morgan fingerprint density at radius 1 is 1.41 bits per heavy atom. The minimum Gasteiger partial charge on any atom is -0.391 e. The lowest BCUT2D eigenvalue weighted by Gasteiger charge is -2.16. The molecule has 1 N–H and O–H groups in total. The Bertz CT molecular complexity index is 522. The topological polar surface area (TPSA) is 50.9 Å². The third-order valence-electron chi connectivity index (χ3n) is 2.48. The lowest BCUT2D eigenvalue weighted by Crippen LogP contribution is -2.13. The Morgan fingerprint density at radius 3 is 2.65 bits per heavy atom. The van der Waals surface area contributed by atoms with Crippen LogP contribution in [0.4, 0.5) is 0 Å². The third kappa shape index (κ3) is 2.40. The molecule has 2 rings (SSSR count). The molecule has 0 aliphatic rings. The van der Waals surface area contributed by atoms with E-state index in [0.717, 1.165) is 21.1 Å². The lowest BCUT2D eigenvalue weighted by atomic mass is 9.90. The van der Waals surface area contributed by atoms with Gasteiger partial charge < -0.3 is 5.11 Å².